The molecule has 3 rings (SSSR count). The summed E-state index contributed by atoms with van der Waals surface area (Å²) >= 11 is 0. The maximum atomic E-state index is 14.0. The molecular formula is C15H15F4N. The Morgan fingerprint density at radius 1 is 1.20 bits per heavy atom. The van der Waals surface area contributed by atoms with E-state index in [1.807, 2.05) is 13.1 Å². The Balaban J connectivity index is 1.94. The van der Waals surface area contributed by atoms with E-state index in [0.717, 1.165) is 24.5 Å². The van der Waals surface area contributed by atoms with Crippen LogP contribution < -0.4 is 0 Å². The first kappa shape index (κ1) is 13.6. The van der Waals surface area contributed by atoms with Gasteiger partial charge in [0.05, 0.1) is 5.56 Å². The molecule has 2 heterocycles. The minimum Gasteiger partial charge on any atom is -0.297 e. The highest BCUT2D eigenvalue weighted by atomic mass is 19.4. The minimum absolute atomic E-state index is 0.283. The van der Waals surface area contributed by atoms with Crippen molar-refractivity contribution in [3.63, 3.8) is 0 Å². The Kier molecular flexibility index (Phi) is 3.12. The van der Waals surface area contributed by atoms with Crippen LogP contribution in [-0.4, -0.2) is 24.0 Å². The third-order valence-corrected chi connectivity index (χ3v) is 4.39. The summed E-state index contributed by atoms with van der Waals surface area (Å²) in [4.78, 5) is 2.26. The summed E-state index contributed by atoms with van der Waals surface area (Å²) in [7, 11) is 2.04. The van der Waals surface area contributed by atoms with Crippen LogP contribution in [0.1, 0.15) is 30.4 Å². The van der Waals surface area contributed by atoms with Crippen LogP contribution in [0, 0.1) is 5.82 Å². The van der Waals surface area contributed by atoms with Crippen molar-refractivity contribution in [1.82, 2.24) is 4.90 Å². The quantitative estimate of drug-likeness (QED) is 0.702. The molecule has 0 spiro atoms. The number of rotatable bonds is 1. The van der Waals surface area contributed by atoms with Gasteiger partial charge in [0.25, 0.3) is 0 Å². The molecule has 2 aliphatic rings. The van der Waals surface area contributed by atoms with Gasteiger partial charge < -0.3 is 0 Å². The second kappa shape index (κ2) is 4.58. The Morgan fingerprint density at radius 3 is 2.55 bits per heavy atom. The summed E-state index contributed by atoms with van der Waals surface area (Å²) in [5.41, 5.74) is 0.208. The highest BCUT2D eigenvalue weighted by Crippen LogP contribution is 2.39. The highest BCUT2D eigenvalue weighted by Gasteiger charge is 2.35. The van der Waals surface area contributed by atoms with E-state index < -0.39 is 17.6 Å². The van der Waals surface area contributed by atoms with E-state index in [1.165, 1.54) is 6.07 Å². The van der Waals surface area contributed by atoms with Crippen molar-refractivity contribution >= 4 is 5.57 Å². The van der Waals surface area contributed by atoms with Crippen molar-refractivity contribution in [3.05, 3.63) is 41.2 Å². The molecule has 0 radical (unpaired) electrons. The average molecular weight is 285 g/mol. The molecule has 1 aromatic rings. The van der Waals surface area contributed by atoms with Gasteiger partial charge in [-0.15, -0.1) is 0 Å². The second-order valence-corrected chi connectivity index (χ2v) is 5.55. The lowest BCUT2D eigenvalue weighted by Gasteiger charge is -2.30. The van der Waals surface area contributed by atoms with E-state index in [0.29, 0.717) is 24.1 Å². The van der Waals surface area contributed by atoms with Crippen molar-refractivity contribution in [2.45, 2.75) is 37.5 Å². The Morgan fingerprint density at radius 2 is 1.95 bits per heavy atom. The van der Waals surface area contributed by atoms with Crippen LogP contribution in [0.2, 0.25) is 0 Å². The van der Waals surface area contributed by atoms with Crippen LogP contribution >= 0.6 is 0 Å². The molecule has 1 fully saturated rings. The molecule has 0 amide bonds. The zero-order valence-corrected chi connectivity index (χ0v) is 11.0. The van der Waals surface area contributed by atoms with Crippen LogP contribution in [-0.2, 0) is 6.18 Å². The van der Waals surface area contributed by atoms with Crippen molar-refractivity contribution < 1.29 is 17.6 Å². The molecule has 1 aromatic carbocycles. The van der Waals surface area contributed by atoms with Crippen LogP contribution in [0.3, 0.4) is 0 Å². The topological polar surface area (TPSA) is 3.24 Å². The zero-order valence-electron chi connectivity index (χ0n) is 11.0. The van der Waals surface area contributed by atoms with Crippen LogP contribution in [0.5, 0.6) is 0 Å². The SMILES string of the molecule is CN1C2C=C(c3ccc(C(F)(F)F)cc3F)CC1CC2. The summed E-state index contributed by atoms with van der Waals surface area (Å²) in [5, 5.41) is 0. The summed E-state index contributed by atoms with van der Waals surface area (Å²) in [5.74, 6) is -0.782. The number of likely N-dealkylation sites (N-methyl/N-ethyl adjacent to an activating group) is 1. The molecule has 2 aliphatic heterocycles. The van der Waals surface area contributed by atoms with Gasteiger partial charge in [-0.3, -0.25) is 4.90 Å². The van der Waals surface area contributed by atoms with E-state index >= 15 is 0 Å². The van der Waals surface area contributed by atoms with Gasteiger partial charge in [-0.25, -0.2) is 4.39 Å². The van der Waals surface area contributed by atoms with Gasteiger partial charge in [0.15, 0.2) is 0 Å². The lowest BCUT2D eigenvalue weighted by Crippen LogP contribution is -2.34. The smallest absolute Gasteiger partial charge is 0.297 e. The molecule has 2 bridgehead atoms. The van der Waals surface area contributed by atoms with Crippen molar-refractivity contribution in [2.75, 3.05) is 7.05 Å². The molecule has 0 N–H and O–H groups in total. The summed E-state index contributed by atoms with van der Waals surface area (Å²) in [6.45, 7) is 0. The molecule has 0 saturated carbocycles. The van der Waals surface area contributed by atoms with Gasteiger partial charge in [0.2, 0.25) is 0 Å². The third kappa shape index (κ3) is 2.24. The fourth-order valence-corrected chi connectivity index (χ4v) is 3.19. The largest absolute Gasteiger partial charge is 0.416 e. The van der Waals surface area contributed by atoms with E-state index in [-0.39, 0.29) is 6.04 Å². The first-order valence-corrected chi connectivity index (χ1v) is 6.66. The Hall–Kier alpha value is -1.36. The molecule has 2 atom stereocenters. The number of benzene rings is 1. The minimum atomic E-state index is -4.50. The van der Waals surface area contributed by atoms with Crippen LogP contribution in [0.15, 0.2) is 24.3 Å². The maximum Gasteiger partial charge on any atom is 0.416 e. The van der Waals surface area contributed by atoms with Crippen molar-refractivity contribution in [3.8, 4) is 0 Å². The first-order valence-electron chi connectivity index (χ1n) is 6.66. The second-order valence-electron chi connectivity index (χ2n) is 5.55. The number of hydrogen-bond acceptors (Lipinski definition) is 1. The lowest BCUT2D eigenvalue weighted by molar-refractivity contribution is -0.137. The molecule has 1 nitrogen and oxygen atoms in total. The van der Waals surface area contributed by atoms with Gasteiger partial charge in [0.1, 0.15) is 5.82 Å². The molecular weight excluding hydrogens is 270 g/mol. The molecule has 0 aliphatic carbocycles. The van der Waals surface area contributed by atoms with Gasteiger partial charge in [-0.05, 0) is 44.0 Å². The van der Waals surface area contributed by atoms with Gasteiger partial charge in [-0.2, -0.15) is 13.2 Å². The van der Waals surface area contributed by atoms with E-state index in [1.54, 1.807) is 0 Å². The predicted octanol–water partition coefficient (Wildman–Crippen LogP) is 4.09. The van der Waals surface area contributed by atoms with E-state index in [9.17, 15) is 17.6 Å². The molecule has 108 valence electrons. The normalized spacial score (nSPS) is 26.8. The zero-order chi connectivity index (χ0) is 14.5. The first-order chi connectivity index (χ1) is 9.36. The highest BCUT2D eigenvalue weighted by molar-refractivity contribution is 5.68. The Labute approximate surface area is 114 Å². The molecule has 5 heteroatoms. The molecule has 0 aromatic heterocycles. The summed E-state index contributed by atoms with van der Waals surface area (Å²) in [6, 6.07) is 3.47. The number of halogens is 4. The standard InChI is InChI=1S/C15H15F4N/c1-20-11-3-4-12(20)7-9(6-11)13-5-2-10(8-14(13)16)15(17,18)19/h2,5-6,8,11-12H,3-4,7H2,1H3. The van der Waals surface area contributed by atoms with Gasteiger partial charge in [-0.1, -0.05) is 12.1 Å². The molecule has 1 saturated heterocycles. The molecule has 20 heavy (non-hydrogen) atoms. The maximum absolute atomic E-state index is 14.0. The average Bonchev–Trinajstić information content (AvgIpc) is 2.61. The number of fused-ring (bicyclic) bond motifs is 2. The number of hydrogen-bond donors (Lipinski definition) is 0. The van der Waals surface area contributed by atoms with Crippen molar-refractivity contribution in [2.24, 2.45) is 0 Å². The number of alkyl halides is 3. The van der Waals surface area contributed by atoms with E-state index in [4.69, 9.17) is 0 Å². The van der Waals surface area contributed by atoms with Crippen molar-refractivity contribution in [1.29, 1.82) is 0 Å². The van der Waals surface area contributed by atoms with E-state index in [2.05, 4.69) is 4.90 Å². The monoisotopic (exact) mass is 285 g/mol. The van der Waals surface area contributed by atoms with Gasteiger partial charge in [0, 0.05) is 17.6 Å². The predicted molar refractivity (Wildman–Crippen MR) is 68.6 cm³/mol. The molecule has 2 unspecified atom stereocenters. The lowest BCUT2D eigenvalue weighted by atomic mass is 9.94. The Bertz CT molecular complexity index is 561. The summed E-state index contributed by atoms with van der Waals surface area (Å²) in [6.07, 6.45) is 0.292. The fraction of sp³-hybridized carbons (Fsp3) is 0.467. The fourth-order valence-electron chi connectivity index (χ4n) is 3.19. The van der Waals surface area contributed by atoms with Crippen LogP contribution in [0.4, 0.5) is 17.6 Å². The summed E-state index contributed by atoms with van der Waals surface area (Å²) < 4.78 is 51.6. The van der Waals surface area contributed by atoms with Crippen LogP contribution in [0.25, 0.3) is 5.57 Å². The van der Waals surface area contributed by atoms with Gasteiger partial charge >= 0.3 is 6.18 Å². The number of nitrogens with zero attached hydrogens (tertiary/aromatic N) is 1. The third-order valence-electron chi connectivity index (χ3n) is 4.39.